The van der Waals surface area contributed by atoms with Crippen LogP contribution in [0, 0.1) is 0 Å². The predicted molar refractivity (Wildman–Crippen MR) is 170 cm³/mol. The second kappa shape index (κ2) is 9.68. The van der Waals surface area contributed by atoms with E-state index in [0.29, 0.717) is 0 Å². The highest BCUT2D eigenvalue weighted by Crippen LogP contribution is 2.44. The van der Waals surface area contributed by atoms with Gasteiger partial charge in [0.15, 0.2) is 0 Å². The van der Waals surface area contributed by atoms with Crippen LogP contribution in [0.4, 0.5) is 22.7 Å². The van der Waals surface area contributed by atoms with Gasteiger partial charge in [0.2, 0.25) is 0 Å². The number of aromatic nitrogens is 2. The highest BCUT2D eigenvalue weighted by atomic mass is 15.4. The van der Waals surface area contributed by atoms with Crippen LogP contribution in [-0.4, -0.2) is 16.2 Å². The van der Waals surface area contributed by atoms with Crippen LogP contribution in [0.1, 0.15) is 11.1 Å². The van der Waals surface area contributed by atoms with Crippen molar-refractivity contribution in [3.05, 3.63) is 157 Å². The largest absolute Gasteiger partial charge is 0.321 e. The van der Waals surface area contributed by atoms with Crippen molar-refractivity contribution in [3.8, 4) is 5.82 Å². The lowest BCUT2D eigenvalue weighted by Gasteiger charge is -2.22. The Labute approximate surface area is 239 Å². The standard InChI is InChI=1S/C37H28N4/c1-2-12-29(13-3-1)39-26-40(35-18-7-6-17-34(35)39)30-14-10-11-27(24-30)23-28-20-21-32-31-15-4-5-16-33(31)41(36(32)25-28)37-19-8-9-22-38-37/h1-22,24-25H,23,26H2. The van der Waals surface area contributed by atoms with Crippen LogP contribution in [0.25, 0.3) is 27.6 Å². The van der Waals surface area contributed by atoms with Gasteiger partial charge in [-0.25, -0.2) is 4.98 Å². The molecule has 2 aromatic heterocycles. The van der Waals surface area contributed by atoms with Crippen molar-refractivity contribution >= 4 is 44.6 Å². The number of rotatable bonds is 5. The highest BCUT2D eigenvalue weighted by molar-refractivity contribution is 6.09. The smallest absolute Gasteiger partial charge is 0.137 e. The summed E-state index contributed by atoms with van der Waals surface area (Å²) in [5.74, 6) is 0.938. The second-order valence-corrected chi connectivity index (χ2v) is 10.6. The average Bonchev–Trinajstić information content (AvgIpc) is 3.58. The molecule has 0 fully saturated rings. The zero-order chi connectivity index (χ0) is 27.2. The summed E-state index contributed by atoms with van der Waals surface area (Å²) in [6.07, 6.45) is 2.71. The monoisotopic (exact) mass is 528 g/mol. The van der Waals surface area contributed by atoms with Crippen LogP contribution in [0.3, 0.4) is 0 Å². The molecule has 0 unspecified atom stereocenters. The van der Waals surface area contributed by atoms with Crippen molar-refractivity contribution < 1.29 is 0 Å². The van der Waals surface area contributed by atoms with E-state index in [1.165, 1.54) is 55.7 Å². The normalized spacial score (nSPS) is 12.8. The Hall–Kier alpha value is -5.35. The summed E-state index contributed by atoms with van der Waals surface area (Å²) in [5, 5.41) is 2.50. The third-order valence-electron chi connectivity index (χ3n) is 8.06. The molecule has 0 saturated heterocycles. The summed E-state index contributed by atoms with van der Waals surface area (Å²) in [6.45, 7) is 0.781. The van der Waals surface area contributed by atoms with Crippen molar-refractivity contribution in [2.24, 2.45) is 0 Å². The van der Waals surface area contributed by atoms with Crippen molar-refractivity contribution in [3.63, 3.8) is 0 Å². The SMILES string of the molecule is c1ccc(N2CN(c3cccc(Cc4ccc5c6ccccc6n(-c6ccccn6)c5c4)c3)c3ccccc32)cc1. The van der Waals surface area contributed by atoms with E-state index in [-0.39, 0.29) is 0 Å². The lowest BCUT2D eigenvalue weighted by atomic mass is 10.0. The summed E-state index contributed by atoms with van der Waals surface area (Å²) in [7, 11) is 0. The Morgan fingerprint density at radius 2 is 1.20 bits per heavy atom. The quantitative estimate of drug-likeness (QED) is 0.223. The maximum atomic E-state index is 4.69. The van der Waals surface area contributed by atoms with Gasteiger partial charge in [-0.3, -0.25) is 4.57 Å². The first-order chi connectivity index (χ1) is 20.3. The van der Waals surface area contributed by atoms with Crippen molar-refractivity contribution in [1.29, 1.82) is 0 Å². The molecule has 8 rings (SSSR count). The number of hydrogen-bond acceptors (Lipinski definition) is 3. The molecule has 4 heteroatoms. The molecule has 1 aliphatic heterocycles. The third kappa shape index (κ3) is 4.04. The lowest BCUT2D eigenvalue weighted by molar-refractivity contribution is 0.988. The summed E-state index contributed by atoms with van der Waals surface area (Å²) in [6, 6.07) is 49.8. The zero-order valence-electron chi connectivity index (χ0n) is 22.6. The Bertz CT molecular complexity index is 2010. The van der Waals surface area contributed by atoms with Crippen LogP contribution < -0.4 is 9.80 Å². The van der Waals surface area contributed by atoms with Crippen LogP contribution in [0.15, 0.2) is 146 Å². The minimum absolute atomic E-state index is 0.781. The van der Waals surface area contributed by atoms with Crippen molar-refractivity contribution in [1.82, 2.24) is 9.55 Å². The molecule has 0 spiro atoms. The number of benzene rings is 5. The number of hydrogen-bond donors (Lipinski definition) is 0. The molecule has 7 aromatic rings. The number of para-hydroxylation sites is 4. The molecule has 41 heavy (non-hydrogen) atoms. The van der Waals surface area contributed by atoms with Gasteiger partial charge in [-0.2, -0.15) is 0 Å². The molecule has 196 valence electrons. The van der Waals surface area contributed by atoms with Gasteiger partial charge in [-0.1, -0.05) is 78.9 Å². The number of nitrogens with zero attached hydrogens (tertiary/aromatic N) is 4. The van der Waals surface area contributed by atoms with Gasteiger partial charge in [0.05, 0.1) is 22.4 Å². The Kier molecular flexibility index (Phi) is 5.56. The zero-order valence-corrected chi connectivity index (χ0v) is 22.6. The molecule has 3 heterocycles. The summed E-state index contributed by atoms with van der Waals surface area (Å²) < 4.78 is 2.28. The van der Waals surface area contributed by atoms with Gasteiger partial charge in [0.25, 0.3) is 0 Å². The van der Waals surface area contributed by atoms with E-state index >= 15 is 0 Å². The maximum absolute atomic E-state index is 4.69. The van der Waals surface area contributed by atoms with E-state index in [1.54, 1.807) is 0 Å². The molecule has 0 amide bonds. The Morgan fingerprint density at radius 3 is 2.02 bits per heavy atom. The van der Waals surface area contributed by atoms with E-state index in [2.05, 4.69) is 142 Å². The van der Waals surface area contributed by atoms with Gasteiger partial charge in [0.1, 0.15) is 12.5 Å². The predicted octanol–water partition coefficient (Wildman–Crippen LogP) is 9.02. The van der Waals surface area contributed by atoms with Gasteiger partial charge < -0.3 is 9.80 Å². The van der Waals surface area contributed by atoms with E-state index in [9.17, 15) is 0 Å². The van der Waals surface area contributed by atoms with Gasteiger partial charge in [-0.15, -0.1) is 0 Å². The molecular weight excluding hydrogens is 500 g/mol. The van der Waals surface area contributed by atoms with E-state index < -0.39 is 0 Å². The van der Waals surface area contributed by atoms with Crippen LogP contribution in [-0.2, 0) is 6.42 Å². The molecule has 0 saturated carbocycles. The van der Waals surface area contributed by atoms with Crippen molar-refractivity contribution in [2.45, 2.75) is 6.42 Å². The molecular formula is C37H28N4. The molecule has 0 atom stereocenters. The lowest BCUT2D eigenvalue weighted by Crippen LogP contribution is -2.23. The summed E-state index contributed by atoms with van der Waals surface area (Å²) >= 11 is 0. The van der Waals surface area contributed by atoms with E-state index in [1.807, 2.05) is 18.3 Å². The number of anilines is 4. The fourth-order valence-electron chi connectivity index (χ4n) is 6.19. The fourth-order valence-corrected chi connectivity index (χ4v) is 6.19. The number of pyridine rings is 1. The summed E-state index contributed by atoms with van der Waals surface area (Å²) in [5.41, 5.74) is 9.81. The molecule has 1 aliphatic rings. The first-order valence-corrected chi connectivity index (χ1v) is 14.1. The van der Waals surface area contributed by atoms with Crippen LogP contribution >= 0.6 is 0 Å². The third-order valence-corrected chi connectivity index (χ3v) is 8.06. The summed E-state index contributed by atoms with van der Waals surface area (Å²) in [4.78, 5) is 9.48. The topological polar surface area (TPSA) is 24.3 Å². The highest BCUT2D eigenvalue weighted by Gasteiger charge is 2.27. The minimum Gasteiger partial charge on any atom is -0.321 e. The minimum atomic E-state index is 0.781. The van der Waals surface area contributed by atoms with Gasteiger partial charge in [-0.05, 0) is 78.2 Å². The first-order valence-electron chi connectivity index (χ1n) is 14.1. The first kappa shape index (κ1) is 23.5. The molecule has 0 N–H and O–H groups in total. The number of fused-ring (bicyclic) bond motifs is 4. The molecule has 4 nitrogen and oxygen atoms in total. The Morgan fingerprint density at radius 1 is 0.512 bits per heavy atom. The maximum Gasteiger partial charge on any atom is 0.137 e. The average molecular weight is 529 g/mol. The molecule has 5 aromatic carbocycles. The van der Waals surface area contributed by atoms with Crippen LogP contribution in [0.2, 0.25) is 0 Å². The van der Waals surface area contributed by atoms with E-state index in [0.717, 1.165) is 18.9 Å². The molecule has 0 radical (unpaired) electrons. The van der Waals surface area contributed by atoms with E-state index in [4.69, 9.17) is 4.98 Å². The molecule has 0 aliphatic carbocycles. The molecule has 0 bridgehead atoms. The van der Waals surface area contributed by atoms with Crippen molar-refractivity contribution in [2.75, 3.05) is 16.5 Å². The van der Waals surface area contributed by atoms with Crippen LogP contribution in [0.5, 0.6) is 0 Å². The Balaban J connectivity index is 1.16. The van der Waals surface area contributed by atoms with Gasteiger partial charge in [0, 0.05) is 28.3 Å². The fraction of sp³-hybridized carbons (Fsp3) is 0.0541. The van der Waals surface area contributed by atoms with Gasteiger partial charge >= 0.3 is 0 Å². The second-order valence-electron chi connectivity index (χ2n) is 10.6.